The molecular weight excluding hydrogens is 248 g/mol. The average Bonchev–Trinajstić information content (AvgIpc) is 2.89. The van der Waals surface area contributed by atoms with Crippen molar-refractivity contribution in [2.24, 2.45) is 5.92 Å². The molecule has 1 aliphatic rings. The van der Waals surface area contributed by atoms with Crippen molar-refractivity contribution in [1.29, 1.82) is 0 Å². The fraction of sp³-hybridized carbons (Fsp3) is 0.438. The Balaban J connectivity index is 2.09. The highest BCUT2D eigenvalue weighted by atomic mass is 15.3. The van der Waals surface area contributed by atoms with Gasteiger partial charge in [0.2, 0.25) is 0 Å². The highest BCUT2D eigenvalue weighted by Crippen LogP contribution is 2.33. The zero-order valence-electron chi connectivity index (χ0n) is 12.6. The minimum atomic E-state index is 0.539. The van der Waals surface area contributed by atoms with Crippen LogP contribution in [-0.4, -0.2) is 19.7 Å². The second kappa shape index (κ2) is 4.54. The first-order chi connectivity index (χ1) is 9.45. The molecule has 0 amide bonds. The van der Waals surface area contributed by atoms with Gasteiger partial charge in [0.05, 0.1) is 11.4 Å². The number of hydrogen-bond acceptors (Lipinski definition) is 3. The van der Waals surface area contributed by atoms with Crippen LogP contribution in [0.15, 0.2) is 18.2 Å². The lowest BCUT2D eigenvalue weighted by Gasteiger charge is -2.10. The van der Waals surface area contributed by atoms with Gasteiger partial charge < -0.3 is 0 Å². The Bertz CT molecular complexity index is 676. The summed E-state index contributed by atoms with van der Waals surface area (Å²) in [7, 11) is 0. The zero-order chi connectivity index (χ0) is 14.4. The maximum Gasteiger partial charge on any atom is 0.157 e. The summed E-state index contributed by atoms with van der Waals surface area (Å²) in [6, 6.07) is 1.99. The standard InChI is InChI=1S/C16H20N4/c1-9(2)13-7-14-11(4)19-20(15(14)8-13)16-6-10(3)17-12(5)18-16/h6,13H,1,7-8H2,2-5H3. The molecule has 0 spiro atoms. The van der Waals surface area contributed by atoms with Gasteiger partial charge in [-0.25, -0.2) is 14.6 Å². The molecule has 0 aliphatic heterocycles. The van der Waals surface area contributed by atoms with Crippen molar-refractivity contribution in [1.82, 2.24) is 19.7 Å². The Morgan fingerprint density at radius 2 is 2.00 bits per heavy atom. The maximum absolute atomic E-state index is 4.68. The first kappa shape index (κ1) is 13.0. The molecule has 0 N–H and O–H groups in total. The van der Waals surface area contributed by atoms with Crippen LogP contribution in [0.2, 0.25) is 0 Å². The molecular formula is C16H20N4. The van der Waals surface area contributed by atoms with Crippen LogP contribution in [0, 0.1) is 26.7 Å². The Kier molecular flexibility index (Phi) is 2.96. The number of allylic oxidation sites excluding steroid dienone is 1. The molecule has 1 unspecified atom stereocenters. The maximum atomic E-state index is 4.68. The topological polar surface area (TPSA) is 43.6 Å². The van der Waals surface area contributed by atoms with Crippen LogP contribution in [0.1, 0.15) is 35.4 Å². The minimum absolute atomic E-state index is 0.539. The van der Waals surface area contributed by atoms with Gasteiger partial charge >= 0.3 is 0 Å². The van der Waals surface area contributed by atoms with Gasteiger partial charge in [-0.1, -0.05) is 12.2 Å². The van der Waals surface area contributed by atoms with E-state index in [1.165, 1.54) is 16.8 Å². The van der Waals surface area contributed by atoms with Gasteiger partial charge in [0.25, 0.3) is 0 Å². The molecule has 4 heteroatoms. The van der Waals surface area contributed by atoms with Crippen LogP contribution >= 0.6 is 0 Å². The highest BCUT2D eigenvalue weighted by molar-refractivity contribution is 5.39. The van der Waals surface area contributed by atoms with E-state index in [4.69, 9.17) is 0 Å². The third-order valence-corrected chi connectivity index (χ3v) is 4.05. The van der Waals surface area contributed by atoms with Gasteiger partial charge in [0, 0.05) is 11.8 Å². The fourth-order valence-electron chi connectivity index (χ4n) is 2.98. The van der Waals surface area contributed by atoms with E-state index in [-0.39, 0.29) is 0 Å². The number of fused-ring (bicyclic) bond motifs is 1. The summed E-state index contributed by atoms with van der Waals surface area (Å²) in [4.78, 5) is 8.87. The van der Waals surface area contributed by atoms with E-state index >= 15 is 0 Å². The van der Waals surface area contributed by atoms with Gasteiger partial charge in [-0.05, 0) is 52.0 Å². The van der Waals surface area contributed by atoms with Crippen LogP contribution in [0.25, 0.3) is 5.82 Å². The summed E-state index contributed by atoms with van der Waals surface area (Å²) in [5.41, 5.74) is 5.99. The molecule has 2 heterocycles. The molecule has 0 bridgehead atoms. The van der Waals surface area contributed by atoms with Crippen LogP contribution in [-0.2, 0) is 12.8 Å². The Morgan fingerprint density at radius 3 is 2.65 bits per heavy atom. The number of aryl methyl sites for hydroxylation is 3. The van der Waals surface area contributed by atoms with E-state index in [1.54, 1.807) is 0 Å². The largest absolute Gasteiger partial charge is 0.238 e. The van der Waals surface area contributed by atoms with Crippen LogP contribution < -0.4 is 0 Å². The van der Waals surface area contributed by atoms with Gasteiger partial charge in [-0.2, -0.15) is 5.10 Å². The quantitative estimate of drug-likeness (QED) is 0.787. The van der Waals surface area contributed by atoms with Crippen LogP contribution in [0.5, 0.6) is 0 Å². The molecule has 3 rings (SSSR count). The molecule has 104 valence electrons. The number of aromatic nitrogens is 4. The average molecular weight is 268 g/mol. The van der Waals surface area contributed by atoms with Crippen molar-refractivity contribution in [3.63, 3.8) is 0 Å². The summed E-state index contributed by atoms with van der Waals surface area (Å²) in [5, 5.41) is 4.68. The van der Waals surface area contributed by atoms with Crippen molar-refractivity contribution in [2.45, 2.75) is 40.5 Å². The summed E-state index contributed by atoms with van der Waals surface area (Å²) in [6.45, 7) is 12.2. The molecule has 0 fully saturated rings. The number of nitrogens with zero attached hydrogens (tertiary/aromatic N) is 4. The lowest BCUT2D eigenvalue weighted by atomic mass is 9.99. The lowest BCUT2D eigenvalue weighted by Crippen LogP contribution is -2.09. The zero-order valence-corrected chi connectivity index (χ0v) is 12.6. The minimum Gasteiger partial charge on any atom is -0.238 e. The van der Waals surface area contributed by atoms with Gasteiger partial charge in [0.15, 0.2) is 5.82 Å². The molecule has 2 aromatic heterocycles. The second-order valence-electron chi connectivity index (χ2n) is 5.79. The van der Waals surface area contributed by atoms with Crippen LogP contribution in [0.4, 0.5) is 0 Å². The normalized spacial score (nSPS) is 17.3. The summed E-state index contributed by atoms with van der Waals surface area (Å²) in [6.07, 6.45) is 2.06. The molecule has 2 aromatic rings. The molecule has 0 radical (unpaired) electrons. The molecule has 1 atom stereocenters. The van der Waals surface area contributed by atoms with Gasteiger partial charge in [-0.3, -0.25) is 0 Å². The summed E-state index contributed by atoms with van der Waals surface area (Å²) < 4.78 is 2.00. The smallest absolute Gasteiger partial charge is 0.157 e. The van der Waals surface area contributed by atoms with Crippen LogP contribution in [0.3, 0.4) is 0 Å². The van der Waals surface area contributed by atoms with Crippen molar-refractivity contribution in [2.75, 3.05) is 0 Å². The lowest BCUT2D eigenvalue weighted by molar-refractivity contribution is 0.628. The second-order valence-corrected chi connectivity index (χ2v) is 5.79. The SMILES string of the molecule is C=C(C)C1Cc2c(C)nn(-c3cc(C)nc(C)n3)c2C1. The molecule has 0 saturated carbocycles. The van der Waals surface area contributed by atoms with E-state index in [0.717, 1.165) is 35.9 Å². The Morgan fingerprint density at radius 1 is 1.25 bits per heavy atom. The van der Waals surface area contributed by atoms with Crippen molar-refractivity contribution in [3.8, 4) is 5.82 Å². The summed E-state index contributed by atoms with van der Waals surface area (Å²) >= 11 is 0. The Hall–Kier alpha value is -1.97. The first-order valence-electron chi connectivity index (χ1n) is 7.01. The van der Waals surface area contributed by atoms with E-state index in [1.807, 2.05) is 24.6 Å². The van der Waals surface area contributed by atoms with E-state index in [9.17, 15) is 0 Å². The molecule has 0 aromatic carbocycles. The first-order valence-corrected chi connectivity index (χ1v) is 7.01. The van der Waals surface area contributed by atoms with Gasteiger partial charge in [0.1, 0.15) is 5.82 Å². The van der Waals surface area contributed by atoms with Crippen molar-refractivity contribution < 1.29 is 0 Å². The predicted octanol–water partition coefficient (Wildman–Crippen LogP) is 2.88. The number of rotatable bonds is 2. The molecule has 4 nitrogen and oxygen atoms in total. The van der Waals surface area contributed by atoms with E-state index in [2.05, 4.69) is 35.5 Å². The van der Waals surface area contributed by atoms with E-state index < -0.39 is 0 Å². The third-order valence-electron chi connectivity index (χ3n) is 4.05. The third kappa shape index (κ3) is 2.05. The summed E-state index contributed by atoms with van der Waals surface area (Å²) in [5.74, 6) is 2.20. The van der Waals surface area contributed by atoms with E-state index in [0.29, 0.717) is 5.92 Å². The predicted molar refractivity (Wildman–Crippen MR) is 79.1 cm³/mol. The number of hydrogen-bond donors (Lipinski definition) is 0. The fourth-order valence-corrected chi connectivity index (χ4v) is 2.98. The molecule has 20 heavy (non-hydrogen) atoms. The highest BCUT2D eigenvalue weighted by Gasteiger charge is 2.29. The van der Waals surface area contributed by atoms with Gasteiger partial charge in [-0.15, -0.1) is 0 Å². The molecule has 1 aliphatic carbocycles. The Labute approximate surface area is 119 Å². The monoisotopic (exact) mass is 268 g/mol. The van der Waals surface area contributed by atoms with Crippen molar-refractivity contribution in [3.05, 3.63) is 46.7 Å². The molecule has 0 saturated heterocycles. The van der Waals surface area contributed by atoms with Crippen molar-refractivity contribution >= 4 is 0 Å².